The first-order chi connectivity index (χ1) is 12.1. The number of likely N-dealkylation sites (tertiary alicyclic amines) is 1. The molecule has 2 saturated heterocycles. The monoisotopic (exact) mass is 380 g/mol. The van der Waals surface area contributed by atoms with Gasteiger partial charge in [-0.15, -0.1) is 12.4 Å². The van der Waals surface area contributed by atoms with E-state index in [1.807, 2.05) is 12.1 Å². The fourth-order valence-corrected chi connectivity index (χ4v) is 5.26. The molecule has 1 N–H and O–H groups in total. The van der Waals surface area contributed by atoms with Gasteiger partial charge in [0.15, 0.2) is 0 Å². The van der Waals surface area contributed by atoms with Gasteiger partial charge in [0.2, 0.25) is 5.91 Å². The number of benzene rings is 1. The lowest BCUT2D eigenvalue weighted by molar-refractivity contribution is -0.141. The Morgan fingerprint density at radius 3 is 2.19 bits per heavy atom. The van der Waals surface area contributed by atoms with Crippen LogP contribution in [0.4, 0.5) is 4.39 Å². The van der Waals surface area contributed by atoms with E-state index in [0.29, 0.717) is 11.3 Å². The molecule has 144 valence electrons. The molecule has 1 saturated carbocycles. The van der Waals surface area contributed by atoms with Crippen LogP contribution in [0.1, 0.15) is 56.9 Å². The summed E-state index contributed by atoms with van der Waals surface area (Å²) in [5, 5.41) is 3.49. The first kappa shape index (κ1) is 19.6. The third-order valence-corrected chi connectivity index (χ3v) is 6.96. The van der Waals surface area contributed by atoms with Crippen molar-refractivity contribution in [1.29, 1.82) is 0 Å². The molecule has 1 aliphatic carbocycles. The maximum Gasteiger partial charge on any atom is 0.233 e. The first-order valence-corrected chi connectivity index (χ1v) is 9.90. The van der Waals surface area contributed by atoms with Crippen LogP contribution in [0.25, 0.3) is 0 Å². The summed E-state index contributed by atoms with van der Waals surface area (Å²) in [6.45, 7) is 3.98. The normalized spacial score (nSPS) is 24.3. The van der Waals surface area contributed by atoms with Crippen molar-refractivity contribution in [3.05, 3.63) is 35.6 Å². The molecular formula is C21H30ClFN2O. The molecule has 1 spiro atoms. The van der Waals surface area contributed by atoms with Crippen molar-refractivity contribution in [3.63, 3.8) is 0 Å². The topological polar surface area (TPSA) is 32.3 Å². The average molecular weight is 381 g/mol. The quantitative estimate of drug-likeness (QED) is 0.839. The lowest BCUT2D eigenvalue weighted by Gasteiger charge is -2.45. The van der Waals surface area contributed by atoms with Gasteiger partial charge in [0.1, 0.15) is 5.82 Å². The van der Waals surface area contributed by atoms with Gasteiger partial charge in [0.05, 0.1) is 5.41 Å². The summed E-state index contributed by atoms with van der Waals surface area (Å²) in [7, 11) is 0. The van der Waals surface area contributed by atoms with Gasteiger partial charge in [-0.3, -0.25) is 4.79 Å². The van der Waals surface area contributed by atoms with Crippen LogP contribution in [0.3, 0.4) is 0 Å². The summed E-state index contributed by atoms with van der Waals surface area (Å²) in [5.74, 6) is 0.0652. The van der Waals surface area contributed by atoms with Crippen LogP contribution in [-0.4, -0.2) is 37.0 Å². The van der Waals surface area contributed by atoms with Crippen LogP contribution in [-0.2, 0) is 10.2 Å². The Hall–Kier alpha value is -1.13. The number of rotatable bonds is 2. The second kappa shape index (κ2) is 7.85. The van der Waals surface area contributed by atoms with Crippen molar-refractivity contribution >= 4 is 18.3 Å². The van der Waals surface area contributed by atoms with Crippen molar-refractivity contribution < 1.29 is 9.18 Å². The second-order valence-electron chi connectivity index (χ2n) is 8.37. The van der Waals surface area contributed by atoms with Crippen molar-refractivity contribution in [2.75, 3.05) is 26.2 Å². The van der Waals surface area contributed by atoms with E-state index in [2.05, 4.69) is 10.2 Å². The Bertz CT molecular complexity index is 611. The number of hydrogen-bond acceptors (Lipinski definition) is 2. The van der Waals surface area contributed by atoms with Gasteiger partial charge in [-0.1, -0.05) is 31.4 Å². The molecule has 0 unspecified atom stereocenters. The van der Waals surface area contributed by atoms with E-state index in [1.165, 1.54) is 25.0 Å². The predicted molar refractivity (Wildman–Crippen MR) is 104 cm³/mol. The van der Waals surface area contributed by atoms with Gasteiger partial charge < -0.3 is 10.2 Å². The molecule has 1 aromatic carbocycles. The van der Waals surface area contributed by atoms with Crippen LogP contribution in [0.15, 0.2) is 24.3 Å². The minimum absolute atomic E-state index is 0. The first-order valence-electron chi connectivity index (χ1n) is 9.90. The number of amides is 1. The Labute approximate surface area is 162 Å². The molecule has 3 aliphatic rings. The van der Waals surface area contributed by atoms with Gasteiger partial charge in [0.25, 0.3) is 0 Å². The van der Waals surface area contributed by atoms with Crippen LogP contribution >= 0.6 is 12.4 Å². The van der Waals surface area contributed by atoms with Crippen molar-refractivity contribution in [3.8, 4) is 0 Å². The zero-order valence-electron chi connectivity index (χ0n) is 15.4. The van der Waals surface area contributed by atoms with E-state index in [0.717, 1.165) is 70.3 Å². The largest absolute Gasteiger partial charge is 0.342 e. The SMILES string of the molecule is Cl.O=C(N1CCC2(CCNC2)CC1)C1(c2ccc(F)cc2)CCCCC1. The van der Waals surface area contributed by atoms with E-state index in [4.69, 9.17) is 0 Å². The summed E-state index contributed by atoms with van der Waals surface area (Å²) in [6.07, 6.45) is 8.66. The maximum absolute atomic E-state index is 13.6. The van der Waals surface area contributed by atoms with Gasteiger partial charge >= 0.3 is 0 Å². The minimum atomic E-state index is -0.426. The van der Waals surface area contributed by atoms with Crippen LogP contribution in [0.2, 0.25) is 0 Å². The van der Waals surface area contributed by atoms with E-state index in [1.54, 1.807) is 0 Å². The van der Waals surface area contributed by atoms with Gasteiger partial charge in [-0.25, -0.2) is 4.39 Å². The Morgan fingerprint density at radius 1 is 0.962 bits per heavy atom. The molecular weight excluding hydrogens is 351 g/mol. The highest BCUT2D eigenvalue weighted by atomic mass is 35.5. The highest BCUT2D eigenvalue weighted by Gasteiger charge is 2.46. The summed E-state index contributed by atoms with van der Waals surface area (Å²) < 4.78 is 13.4. The highest BCUT2D eigenvalue weighted by Crippen LogP contribution is 2.43. The number of piperidine rings is 1. The van der Waals surface area contributed by atoms with E-state index >= 15 is 0 Å². The summed E-state index contributed by atoms with van der Waals surface area (Å²) in [4.78, 5) is 15.7. The lowest BCUT2D eigenvalue weighted by atomic mass is 9.67. The molecule has 1 amide bonds. The highest BCUT2D eigenvalue weighted by molar-refractivity contribution is 5.88. The van der Waals surface area contributed by atoms with Crippen molar-refractivity contribution in [1.82, 2.24) is 10.2 Å². The van der Waals surface area contributed by atoms with Gasteiger partial charge in [-0.2, -0.15) is 0 Å². The van der Waals surface area contributed by atoms with Crippen molar-refractivity contribution in [2.24, 2.45) is 5.41 Å². The van der Waals surface area contributed by atoms with Gasteiger partial charge in [-0.05, 0) is 61.8 Å². The van der Waals surface area contributed by atoms with Crippen LogP contribution in [0.5, 0.6) is 0 Å². The smallest absolute Gasteiger partial charge is 0.233 e. The summed E-state index contributed by atoms with van der Waals surface area (Å²) in [5.41, 5.74) is 1.01. The number of halogens is 2. The van der Waals surface area contributed by atoms with Crippen LogP contribution < -0.4 is 5.32 Å². The summed E-state index contributed by atoms with van der Waals surface area (Å²) >= 11 is 0. The molecule has 3 fully saturated rings. The molecule has 2 aliphatic heterocycles. The minimum Gasteiger partial charge on any atom is -0.342 e. The summed E-state index contributed by atoms with van der Waals surface area (Å²) in [6, 6.07) is 6.69. The maximum atomic E-state index is 13.6. The van der Waals surface area contributed by atoms with E-state index in [9.17, 15) is 9.18 Å². The molecule has 1 aromatic rings. The Morgan fingerprint density at radius 2 is 1.62 bits per heavy atom. The van der Waals surface area contributed by atoms with E-state index in [-0.39, 0.29) is 18.2 Å². The molecule has 0 radical (unpaired) electrons. The molecule has 3 nitrogen and oxygen atoms in total. The van der Waals surface area contributed by atoms with Gasteiger partial charge in [0, 0.05) is 19.6 Å². The third kappa shape index (κ3) is 3.50. The third-order valence-electron chi connectivity index (χ3n) is 6.96. The standard InChI is InChI=1S/C21H29FN2O.ClH/c22-18-6-4-17(5-7-18)21(8-2-1-3-9-21)19(25)24-14-11-20(12-15-24)10-13-23-16-20;/h4-7,23H,1-3,8-16H2;1H. The average Bonchev–Trinajstić information content (AvgIpc) is 3.11. The molecule has 2 heterocycles. The lowest BCUT2D eigenvalue weighted by Crippen LogP contribution is -2.52. The number of nitrogens with zero attached hydrogens (tertiary/aromatic N) is 1. The number of carbonyl (C=O) groups is 1. The number of hydrogen-bond donors (Lipinski definition) is 1. The van der Waals surface area contributed by atoms with E-state index < -0.39 is 5.41 Å². The van der Waals surface area contributed by atoms with Crippen LogP contribution in [0, 0.1) is 11.2 Å². The Kier molecular flexibility index (Phi) is 5.93. The Balaban J connectivity index is 0.00000196. The molecule has 0 bridgehead atoms. The fraction of sp³-hybridized carbons (Fsp3) is 0.667. The zero-order valence-corrected chi connectivity index (χ0v) is 16.3. The molecule has 0 atom stereocenters. The second-order valence-corrected chi connectivity index (χ2v) is 8.37. The molecule has 26 heavy (non-hydrogen) atoms. The zero-order chi connectivity index (χ0) is 17.3. The molecule has 4 rings (SSSR count). The number of carbonyl (C=O) groups excluding carboxylic acids is 1. The predicted octanol–water partition coefficient (Wildman–Crippen LogP) is 4.05. The molecule has 5 heteroatoms. The number of nitrogens with one attached hydrogen (secondary N) is 1. The fourth-order valence-electron chi connectivity index (χ4n) is 5.26. The molecule has 0 aromatic heterocycles. The van der Waals surface area contributed by atoms with Crippen molar-refractivity contribution in [2.45, 2.75) is 56.8 Å².